The van der Waals surface area contributed by atoms with E-state index < -0.39 is 5.97 Å². The first kappa shape index (κ1) is 13.2. The molecule has 94 valence electrons. The fraction of sp³-hybridized carbons (Fsp3) is 0.167. The first-order chi connectivity index (χ1) is 8.70. The molecule has 0 aliphatic rings. The molecule has 0 atom stereocenters. The van der Waals surface area contributed by atoms with Crippen molar-refractivity contribution in [1.82, 2.24) is 4.98 Å². The highest BCUT2D eigenvalue weighted by molar-refractivity contribution is 9.10. The minimum absolute atomic E-state index is 0.186. The number of hydrogen-bond acceptors (Lipinski definition) is 5. The van der Waals surface area contributed by atoms with Gasteiger partial charge in [0.05, 0.1) is 6.61 Å². The second-order valence-electron chi connectivity index (χ2n) is 3.25. The number of aromatic nitrogens is 1. The lowest BCUT2D eigenvalue weighted by Gasteiger charge is -1.99. The lowest BCUT2D eigenvalue weighted by Crippen LogP contribution is -2.04. The van der Waals surface area contributed by atoms with Crippen molar-refractivity contribution < 1.29 is 13.9 Å². The molecule has 0 spiro atoms. The maximum absolute atomic E-state index is 11.4. The van der Waals surface area contributed by atoms with Gasteiger partial charge in [0.15, 0.2) is 5.69 Å². The van der Waals surface area contributed by atoms with Crippen LogP contribution in [0.3, 0.4) is 0 Å². The van der Waals surface area contributed by atoms with Crippen LogP contribution in [0.4, 0.5) is 0 Å². The van der Waals surface area contributed by atoms with Gasteiger partial charge in [-0.2, -0.15) is 4.98 Å². The molecule has 2 rings (SSSR count). The normalized spacial score (nSPS) is 10.3. The van der Waals surface area contributed by atoms with Gasteiger partial charge in [0.1, 0.15) is 6.26 Å². The molecule has 0 saturated carbocycles. The fourth-order valence-electron chi connectivity index (χ4n) is 1.22. The Morgan fingerprint density at radius 1 is 1.50 bits per heavy atom. The summed E-state index contributed by atoms with van der Waals surface area (Å²) >= 11 is 4.77. The van der Waals surface area contributed by atoms with Crippen LogP contribution in [-0.2, 0) is 4.74 Å². The van der Waals surface area contributed by atoms with Crippen molar-refractivity contribution in [2.45, 2.75) is 17.0 Å². The van der Waals surface area contributed by atoms with Crippen LogP contribution < -0.4 is 0 Å². The minimum Gasteiger partial charge on any atom is -0.461 e. The number of carbonyl (C=O) groups is 1. The molecule has 18 heavy (non-hydrogen) atoms. The molecule has 6 heteroatoms. The van der Waals surface area contributed by atoms with E-state index in [2.05, 4.69) is 20.9 Å². The summed E-state index contributed by atoms with van der Waals surface area (Å²) in [4.78, 5) is 16.4. The average molecular weight is 328 g/mol. The van der Waals surface area contributed by atoms with E-state index >= 15 is 0 Å². The Balaban J connectivity index is 2.12. The molecule has 0 N–H and O–H groups in total. The van der Waals surface area contributed by atoms with Crippen molar-refractivity contribution in [2.75, 3.05) is 6.61 Å². The number of benzene rings is 1. The minimum atomic E-state index is -0.472. The van der Waals surface area contributed by atoms with E-state index in [1.165, 1.54) is 18.0 Å². The van der Waals surface area contributed by atoms with Gasteiger partial charge in [-0.1, -0.05) is 12.1 Å². The molecule has 0 unspecified atom stereocenters. The number of carbonyl (C=O) groups excluding carboxylic acids is 1. The quantitative estimate of drug-likeness (QED) is 0.800. The van der Waals surface area contributed by atoms with E-state index in [1.807, 2.05) is 24.3 Å². The Hall–Kier alpha value is -1.27. The number of nitrogens with zero attached hydrogens (tertiary/aromatic N) is 1. The SMILES string of the molecule is CCOC(=O)c1coc(Sc2ccccc2Br)n1. The molecular formula is C12H10BrNO3S. The fourth-order valence-corrected chi connectivity index (χ4v) is 2.49. The Morgan fingerprint density at radius 3 is 3.00 bits per heavy atom. The monoisotopic (exact) mass is 327 g/mol. The maximum atomic E-state index is 11.4. The van der Waals surface area contributed by atoms with Gasteiger partial charge in [-0.15, -0.1) is 0 Å². The highest BCUT2D eigenvalue weighted by Gasteiger charge is 2.14. The Kier molecular flexibility index (Phi) is 4.43. The molecule has 4 nitrogen and oxygen atoms in total. The van der Waals surface area contributed by atoms with Gasteiger partial charge in [-0.3, -0.25) is 0 Å². The molecule has 0 aliphatic heterocycles. The Labute approximate surface area is 117 Å². The van der Waals surface area contributed by atoms with Gasteiger partial charge in [0.2, 0.25) is 0 Å². The molecule has 0 bridgehead atoms. The van der Waals surface area contributed by atoms with Gasteiger partial charge in [0, 0.05) is 9.37 Å². The number of halogens is 1. The van der Waals surface area contributed by atoms with Crippen molar-refractivity contribution in [3.63, 3.8) is 0 Å². The molecule has 1 aromatic carbocycles. The van der Waals surface area contributed by atoms with Gasteiger partial charge in [0.25, 0.3) is 5.22 Å². The number of ether oxygens (including phenoxy) is 1. The van der Waals surface area contributed by atoms with Crippen LogP contribution in [-0.4, -0.2) is 17.6 Å². The van der Waals surface area contributed by atoms with Crippen LogP contribution in [0.1, 0.15) is 17.4 Å². The predicted octanol–water partition coefficient (Wildman–Crippen LogP) is 3.77. The van der Waals surface area contributed by atoms with Gasteiger partial charge in [-0.25, -0.2) is 4.79 Å². The van der Waals surface area contributed by atoms with E-state index in [4.69, 9.17) is 9.15 Å². The van der Waals surface area contributed by atoms with Crippen LogP contribution >= 0.6 is 27.7 Å². The summed E-state index contributed by atoms with van der Waals surface area (Å²) in [6, 6.07) is 7.70. The van der Waals surface area contributed by atoms with Crippen molar-refractivity contribution in [3.8, 4) is 0 Å². The zero-order valence-corrected chi connectivity index (χ0v) is 12.0. The Bertz CT molecular complexity index is 556. The van der Waals surface area contributed by atoms with Gasteiger partial charge in [-0.05, 0) is 46.7 Å². The lowest BCUT2D eigenvalue weighted by atomic mass is 10.4. The topological polar surface area (TPSA) is 52.3 Å². The largest absolute Gasteiger partial charge is 0.461 e. The smallest absolute Gasteiger partial charge is 0.360 e. The summed E-state index contributed by atoms with van der Waals surface area (Å²) in [5, 5.41) is 0.407. The number of rotatable bonds is 4. The van der Waals surface area contributed by atoms with E-state index in [1.54, 1.807) is 6.92 Å². The first-order valence-electron chi connectivity index (χ1n) is 5.25. The number of hydrogen-bond donors (Lipinski definition) is 0. The van der Waals surface area contributed by atoms with Crippen molar-refractivity contribution in [1.29, 1.82) is 0 Å². The Morgan fingerprint density at radius 2 is 2.28 bits per heavy atom. The van der Waals surface area contributed by atoms with Gasteiger partial charge >= 0.3 is 5.97 Å². The highest BCUT2D eigenvalue weighted by Crippen LogP contribution is 2.32. The molecule has 2 aromatic rings. The summed E-state index contributed by atoms with van der Waals surface area (Å²) in [5.74, 6) is -0.472. The molecule has 0 amide bonds. The second kappa shape index (κ2) is 6.06. The van der Waals surface area contributed by atoms with Crippen molar-refractivity contribution in [2.24, 2.45) is 0 Å². The summed E-state index contributed by atoms with van der Waals surface area (Å²) < 4.78 is 11.0. The van der Waals surface area contributed by atoms with Crippen molar-refractivity contribution >= 4 is 33.7 Å². The van der Waals surface area contributed by atoms with Crippen LogP contribution in [0.2, 0.25) is 0 Å². The third-order valence-corrected chi connectivity index (χ3v) is 3.89. The zero-order valence-electron chi connectivity index (χ0n) is 9.55. The van der Waals surface area contributed by atoms with Crippen LogP contribution in [0, 0.1) is 0 Å². The van der Waals surface area contributed by atoms with E-state index in [-0.39, 0.29) is 5.69 Å². The summed E-state index contributed by atoms with van der Waals surface area (Å²) in [7, 11) is 0. The van der Waals surface area contributed by atoms with Crippen LogP contribution in [0.25, 0.3) is 0 Å². The standard InChI is InChI=1S/C12H10BrNO3S/c1-2-16-11(15)9-7-17-12(14-9)18-10-6-4-3-5-8(10)13/h3-7H,2H2,1H3. The molecule has 1 heterocycles. The summed E-state index contributed by atoms with van der Waals surface area (Å²) in [5.41, 5.74) is 0.186. The van der Waals surface area contributed by atoms with E-state index in [0.29, 0.717) is 11.8 Å². The molecule has 0 saturated heterocycles. The van der Waals surface area contributed by atoms with E-state index in [0.717, 1.165) is 9.37 Å². The maximum Gasteiger partial charge on any atom is 0.360 e. The second-order valence-corrected chi connectivity index (χ2v) is 5.10. The molecule has 1 aromatic heterocycles. The van der Waals surface area contributed by atoms with E-state index in [9.17, 15) is 4.79 Å². The lowest BCUT2D eigenvalue weighted by molar-refractivity contribution is 0.0519. The van der Waals surface area contributed by atoms with Crippen molar-refractivity contribution in [3.05, 3.63) is 40.7 Å². The van der Waals surface area contributed by atoms with Crippen LogP contribution in [0.15, 0.2) is 49.5 Å². The third kappa shape index (κ3) is 3.14. The number of oxazole rings is 1. The highest BCUT2D eigenvalue weighted by atomic mass is 79.9. The molecule has 0 fully saturated rings. The average Bonchev–Trinajstić information content (AvgIpc) is 2.81. The van der Waals surface area contributed by atoms with Crippen LogP contribution in [0.5, 0.6) is 0 Å². The zero-order chi connectivity index (χ0) is 13.0. The molecule has 0 aliphatic carbocycles. The first-order valence-corrected chi connectivity index (χ1v) is 6.86. The number of esters is 1. The molecular weight excluding hydrogens is 318 g/mol. The third-order valence-electron chi connectivity index (χ3n) is 2.00. The molecule has 0 radical (unpaired) electrons. The van der Waals surface area contributed by atoms with Gasteiger partial charge < -0.3 is 9.15 Å². The predicted molar refractivity (Wildman–Crippen MR) is 70.7 cm³/mol. The summed E-state index contributed by atoms with van der Waals surface area (Å²) in [6.07, 6.45) is 1.30. The summed E-state index contributed by atoms with van der Waals surface area (Å²) in [6.45, 7) is 2.06.